The second kappa shape index (κ2) is 7.37. The van der Waals surface area contributed by atoms with Gasteiger partial charge in [0.1, 0.15) is 23.5 Å². The lowest BCUT2D eigenvalue weighted by molar-refractivity contribution is 0.316. The van der Waals surface area contributed by atoms with Gasteiger partial charge >= 0.3 is 0 Å². The van der Waals surface area contributed by atoms with Crippen molar-refractivity contribution in [3.63, 3.8) is 0 Å². The summed E-state index contributed by atoms with van der Waals surface area (Å²) >= 11 is 1.83. The normalized spacial score (nSPS) is 10.9. The fourth-order valence-corrected chi connectivity index (χ4v) is 2.75. The predicted octanol–water partition coefficient (Wildman–Crippen LogP) is 3.54. The SMILES string of the molecule is COc1cc(OCCCSC)ccc1-c1cn2cnccc2n1. The summed E-state index contributed by atoms with van der Waals surface area (Å²) in [6, 6.07) is 7.73. The van der Waals surface area contributed by atoms with Crippen LogP contribution in [0.4, 0.5) is 0 Å². The first-order chi connectivity index (χ1) is 11.3. The summed E-state index contributed by atoms with van der Waals surface area (Å²) in [5.41, 5.74) is 2.64. The number of hydrogen-bond acceptors (Lipinski definition) is 5. The van der Waals surface area contributed by atoms with E-state index in [9.17, 15) is 0 Å². The molecule has 0 atom stereocenters. The molecule has 5 nitrogen and oxygen atoms in total. The first-order valence-corrected chi connectivity index (χ1v) is 8.80. The van der Waals surface area contributed by atoms with Gasteiger partial charge in [-0.2, -0.15) is 11.8 Å². The number of rotatable bonds is 7. The van der Waals surface area contributed by atoms with Crippen molar-refractivity contribution in [2.24, 2.45) is 0 Å². The first kappa shape index (κ1) is 15.7. The van der Waals surface area contributed by atoms with E-state index in [0.717, 1.165) is 40.6 Å². The van der Waals surface area contributed by atoms with Crippen molar-refractivity contribution >= 4 is 17.4 Å². The molecular weight excluding hydrogens is 310 g/mol. The zero-order valence-electron chi connectivity index (χ0n) is 13.2. The molecule has 0 saturated heterocycles. The van der Waals surface area contributed by atoms with Crippen molar-refractivity contribution in [2.45, 2.75) is 6.42 Å². The highest BCUT2D eigenvalue weighted by molar-refractivity contribution is 7.98. The third-order valence-electron chi connectivity index (χ3n) is 3.47. The van der Waals surface area contributed by atoms with Crippen molar-refractivity contribution in [3.05, 3.63) is 43.0 Å². The summed E-state index contributed by atoms with van der Waals surface area (Å²) in [4.78, 5) is 8.70. The lowest BCUT2D eigenvalue weighted by Gasteiger charge is -2.10. The average Bonchev–Trinajstić information content (AvgIpc) is 3.02. The van der Waals surface area contributed by atoms with Crippen LogP contribution in [-0.2, 0) is 0 Å². The zero-order chi connectivity index (χ0) is 16.1. The number of aromatic nitrogens is 3. The highest BCUT2D eigenvalue weighted by Crippen LogP contribution is 2.32. The van der Waals surface area contributed by atoms with E-state index in [4.69, 9.17) is 9.47 Å². The molecule has 0 fully saturated rings. The molecule has 0 saturated carbocycles. The average molecular weight is 329 g/mol. The van der Waals surface area contributed by atoms with Gasteiger partial charge < -0.3 is 9.47 Å². The van der Waals surface area contributed by atoms with Gasteiger partial charge in [0.15, 0.2) is 0 Å². The van der Waals surface area contributed by atoms with Crippen molar-refractivity contribution in [3.8, 4) is 22.8 Å². The highest BCUT2D eigenvalue weighted by atomic mass is 32.2. The van der Waals surface area contributed by atoms with Crippen LogP contribution in [0.5, 0.6) is 11.5 Å². The van der Waals surface area contributed by atoms with Gasteiger partial charge in [0.2, 0.25) is 0 Å². The Labute approximate surface area is 139 Å². The topological polar surface area (TPSA) is 48.7 Å². The second-order valence-corrected chi connectivity index (χ2v) is 6.01. The lowest BCUT2D eigenvalue weighted by Crippen LogP contribution is -1.99. The molecular formula is C17H19N3O2S. The van der Waals surface area contributed by atoms with Crippen LogP contribution in [0.15, 0.2) is 43.0 Å². The number of thioether (sulfide) groups is 1. The van der Waals surface area contributed by atoms with E-state index in [1.54, 1.807) is 19.6 Å². The molecule has 3 rings (SSSR count). The van der Waals surface area contributed by atoms with Crippen LogP contribution in [0.1, 0.15) is 6.42 Å². The van der Waals surface area contributed by atoms with Crippen LogP contribution >= 0.6 is 11.8 Å². The molecule has 120 valence electrons. The number of hydrogen-bond donors (Lipinski definition) is 0. The number of benzene rings is 1. The van der Waals surface area contributed by atoms with Crippen molar-refractivity contribution < 1.29 is 9.47 Å². The molecule has 0 radical (unpaired) electrons. The largest absolute Gasteiger partial charge is 0.496 e. The molecule has 0 aliphatic carbocycles. The molecule has 3 aromatic rings. The summed E-state index contributed by atoms with van der Waals surface area (Å²) in [7, 11) is 1.66. The van der Waals surface area contributed by atoms with Crippen LogP contribution in [-0.4, -0.2) is 40.1 Å². The molecule has 2 aromatic heterocycles. The van der Waals surface area contributed by atoms with E-state index >= 15 is 0 Å². The van der Waals surface area contributed by atoms with Crippen LogP contribution in [0.3, 0.4) is 0 Å². The van der Waals surface area contributed by atoms with Gasteiger partial charge in [-0.1, -0.05) is 0 Å². The van der Waals surface area contributed by atoms with E-state index in [-0.39, 0.29) is 0 Å². The fraction of sp³-hybridized carbons (Fsp3) is 0.294. The molecule has 23 heavy (non-hydrogen) atoms. The summed E-state index contributed by atoms with van der Waals surface area (Å²) in [6.07, 6.45) is 8.54. The smallest absolute Gasteiger partial charge is 0.140 e. The van der Waals surface area contributed by atoms with Crippen molar-refractivity contribution in [1.29, 1.82) is 0 Å². The van der Waals surface area contributed by atoms with Crippen LogP contribution in [0, 0.1) is 0 Å². The summed E-state index contributed by atoms with van der Waals surface area (Å²) in [6.45, 7) is 0.712. The molecule has 0 amide bonds. The molecule has 6 heteroatoms. The molecule has 0 bridgehead atoms. The Balaban J connectivity index is 1.84. The minimum atomic E-state index is 0.712. The van der Waals surface area contributed by atoms with Gasteiger partial charge in [-0.05, 0) is 36.6 Å². The summed E-state index contributed by atoms with van der Waals surface area (Å²) in [5.74, 6) is 2.67. The Morgan fingerprint density at radius 2 is 2.17 bits per heavy atom. The van der Waals surface area contributed by atoms with Gasteiger partial charge in [-0.25, -0.2) is 9.97 Å². The van der Waals surface area contributed by atoms with Crippen LogP contribution in [0.25, 0.3) is 16.9 Å². The van der Waals surface area contributed by atoms with Gasteiger partial charge in [-0.15, -0.1) is 0 Å². The molecule has 1 aromatic carbocycles. The first-order valence-electron chi connectivity index (χ1n) is 7.40. The minimum Gasteiger partial charge on any atom is -0.496 e. The summed E-state index contributed by atoms with van der Waals surface area (Å²) < 4.78 is 13.2. The van der Waals surface area contributed by atoms with E-state index in [2.05, 4.69) is 16.2 Å². The third-order valence-corrected chi connectivity index (χ3v) is 4.17. The number of methoxy groups -OCH3 is 1. The molecule has 0 unspecified atom stereocenters. The molecule has 2 heterocycles. The highest BCUT2D eigenvalue weighted by Gasteiger charge is 2.11. The third kappa shape index (κ3) is 3.59. The predicted molar refractivity (Wildman–Crippen MR) is 93.5 cm³/mol. The van der Waals surface area contributed by atoms with Gasteiger partial charge in [0, 0.05) is 24.0 Å². The number of ether oxygens (including phenoxy) is 2. The summed E-state index contributed by atoms with van der Waals surface area (Å²) in [5, 5.41) is 0. The molecule has 0 aliphatic rings. The van der Waals surface area contributed by atoms with E-state index in [0.29, 0.717) is 6.61 Å². The van der Waals surface area contributed by atoms with E-state index < -0.39 is 0 Å². The Kier molecular flexibility index (Phi) is 5.02. The van der Waals surface area contributed by atoms with E-state index in [1.807, 2.05) is 46.6 Å². The maximum atomic E-state index is 5.77. The molecule has 0 N–H and O–H groups in total. The number of imidazole rings is 1. The minimum absolute atomic E-state index is 0.712. The maximum Gasteiger partial charge on any atom is 0.140 e. The Bertz CT molecular complexity index is 755. The molecule has 0 aliphatic heterocycles. The van der Waals surface area contributed by atoms with Gasteiger partial charge in [0.05, 0.1) is 19.4 Å². The standard InChI is InChI=1S/C17H19N3O2S/c1-21-16-10-13(22-8-3-9-23-2)4-5-14(16)15-11-20-12-18-7-6-17(20)19-15/h4-7,10-12H,3,8-9H2,1-2H3. The molecule has 0 spiro atoms. The zero-order valence-corrected chi connectivity index (χ0v) is 14.0. The Hall–Kier alpha value is -2.21. The van der Waals surface area contributed by atoms with Crippen LogP contribution in [0.2, 0.25) is 0 Å². The van der Waals surface area contributed by atoms with E-state index in [1.165, 1.54) is 0 Å². The van der Waals surface area contributed by atoms with Crippen molar-refractivity contribution in [2.75, 3.05) is 25.7 Å². The van der Waals surface area contributed by atoms with Gasteiger partial charge in [-0.3, -0.25) is 4.40 Å². The quantitative estimate of drug-likeness (QED) is 0.621. The second-order valence-electron chi connectivity index (χ2n) is 5.03. The number of nitrogens with zero attached hydrogens (tertiary/aromatic N) is 3. The Morgan fingerprint density at radius 3 is 2.96 bits per heavy atom. The lowest BCUT2D eigenvalue weighted by atomic mass is 10.1. The maximum absolute atomic E-state index is 5.77. The van der Waals surface area contributed by atoms with Crippen LogP contribution < -0.4 is 9.47 Å². The van der Waals surface area contributed by atoms with Gasteiger partial charge in [0.25, 0.3) is 0 Å². The van der Waals surface area contributed by atoms with Crippen molar-refractivity contribution in [1.82, 2.24) is 14.4 Å². The fourth-order valence-electron chi connectivity index (χ4n) is 2.34. The number of fused-ring (bicyclic) bond motifs is 1. The Morgan fingerprint density at radius 1 is 1.26 bits per heavy atom. The monoisotopic (exact) mass is 329 g/mol.